The molecule has 2 aromatic heterocycles. The number of aromatic nitrogens is 2. The molecule has 8 heteroatoms. The van der Waals surface area contributed by atoms with Crippen LogP contribution in [0.25, 0.3) is 10.2 Å². The first-order chi connectivity index (χ1) is 14.5. The largest absolute Gasteiger partial charge is 0.325 e. The van der Waals surface area contributed by atoms with Crippen molar-refractivity contribution in [1.29, 1.82) is 0 Å². The van der Waals surface area contributed by atoms with Gasteiger partial charge >= 0.3 is 0 Å². The van der Waals surface area contributed by atoms with Gasteiger partial charge in [-0.05, 0) is 55.9 Å². The minimum atomic E-state index is -0.171. The number of carbonyl (C=O) groups excluding carboxylic acids is 1. The van der Waals surface area contributed by atoms with Crippen LogP contribution in [0.5, 0.6) is 0 Å². The van der Waals surface area contributed by atoms with Crippen molar-refractivity contribution in [3.05, 3.63) is 62.2 Å². The van der Waals surface area contributed by atoms with Gasteiger partial charge in [0.2, 0.25) is 5.91 Å². The minimum absolute atomic E-state index is 0.0344. The fourth-order valence-corrected chi connectivity index (χ4v) is 5.95. The lowest BCUT2D eigenvalue weighted by Crippen LogP contribution is -2.24. The number of amides is 1. The minimum Gasteiger partial charge on any atom is -0.325 e. The molecule has 0 bridgehead atoms. The van der Waals surface area contributed by atoms with Crippen LogP contribution in [0.3, 0.4) is 0 Å². The van der Waals surface area contributed by atoms with Crippen molar-refractivity contribution < 1.29 is 4.79 Å². The van der Waals surface area contributed by atoms with Gasteiger partial charge in [0.1, 0.15) is 4.83 Å². The number of halogens is 1. The number of thiophene rings is 1. The fraction of sp³-hybridized carbons (Fsp3) is 0.318. The summed E-state index contributed by atoms with van der Waals surface area (Å²) >= 11 is 8.91. The molecule has 2 heterocycles. The Morgan fingerprint density at radius 2 is 2.20 bits per heavy atom. The zero-order valence-electron chi connectivity index (χ0n) is 16.7. The average molecular weight is 460 g/mol. The Labute approximate surface area is 188 Å². The van der Waals surface area contributed by atoms with Crippen LogP contribution >= 0.6 is 34.7 Å². The van der Waals surface area contributed by atoms with Crippen molar-refractivity contribution in [1.82, 2.24) is 9.55 Å². The maximum Gasteiger partial charge on any atom is 0.263 e. The number of benzene rings is 1. The summed E-state index contributed by atoms with van der Waals surface area (Å²) in [4.78, 5) is 32.6. The van der Waals surface area contributed by atoms with E-state index in [4.69, 9.17) is 16.6 Å². The van der Waals surface area contributed by atoms with Crippen LogP contribution in [0.4, 0.5) is 5.69 Å². The van der Waals surface area contributed by atoms with E-state index in [2.05, 4.69) is 11.9 Å². The summed E-state index contributed by atoms with van der Waals surface area (Å²) in [6.07, 6.45) is 5.91. The number of aryl methyl sites for hydroxylation is 3. The Balaban J connectivity index is 1.61. The number of thioether (sulfide) groups is 1. The maximum absolute atomic E-state index is 13.2. The van der Waals surface area contributed by atoms with Crippen molar-refractivity contribution in [2.75, 3.05) is 11.1 Å². The van der Waals surface area contributed by atoms with Gasteiger partial charge in [0.05, 0.1) is 11.1 Å². The van der Waals surface area contributed by atoms with E-state index in [1.807, 2.05) is 13.0 Å². The topological polar surface area (TPSA) is 64.0 Å². The molecule has 0 saturated carbocycles. The van der Waals surface area contributed by atoms with Crippen molar-refractivity contribution in [3.8, 4) is 0 Å². The standard InChI is InChI=1S/C22H22ClN3O2S2/c1-3-10-26-21(28)19-15-6-4-5-7-17(15)30-20(19)25-22(26)29-12-18(27)24-16-11-14(23)9-8-13(16)2/h3,8-9,11H,1,4-7,10,12H2,2H3,(H,24,27). The molecule has 0 unspecified atom stereocenters. The molecule has 1 aromatic carbocycles. The third-order valence-corrected chi connectivity index (χ3v) is 7.55. The van der Waals surface area contributed by atoms with E-state index in [0.29, 0.717) is 22.4 Å². The first-order valence-corrected chi connectivity index (χ1v) is 12.0. The zero-order chi connectivity index (χ0) is 21.3. The second kappa shape index (κ2) is 8.96. The predicted octanol–water partition coefficient (Wildman–Crippen LogP) is 5.22. The fourth-order valence-electron chi connectivity index (χ4n) is 3.67. The summed E-state index contributed by atoms with van der Waals surface area (Å²) in [6, 6.07) is 5.38. The summed E-state index contributed by atoms with van der Waals surface area (Å²) < 4.78 is 1.62. The van der Waals surface area contributed by atoms with Gasteiger partial charge in [-0.1, -0.05) is 35.5 Å². The molecular weight excluding hydrogens is 438 g/mol. The van der Waals surface area contributed by atoms with E-state index in [0.717, 1.165) is 41.5 Å². The smallest absolute Gasteiger partial charge is 0.263 e. The molecule has 156 valence electrons. The van der Waals surface area contributed by atoms with E-state index in [9.17, 15) is 9.59 Å². The number of fused-ring (bicyclic) bond motifs is 3. The molecular formula is C22H22ClN3O2S2. The molecule has 4 rings (SSSR count). The molecule has 0 radical (unpaired) electrons. The van der Waals surface area contributed by atoms with Gasteiger partial charge in [-0.15, -0.1) is 17.9 Å². The van der Waals surface area contributed by atoms with Gasteiger partial charge in [0.25, 0.3) is 5.56 Å². The first-order valence-electron chi connectivity index (χ1n) is 9.82. The number of rotatable bonds is 6. The van der Waals surface area contributed by atoms with Crippen LogP contribution in [0.15, 0.2) is 40.8 Å². The summed E-state index contributed by atoms with van der Waals surface area (Å²) in [5, 5.41) is 4.75. The number of hydrogen-bond donors (Lipinski definition) is 1. The molecule has 0 atom stereocenters. The second-order valence-electron chi connectivity index (χ2n) is 7.29. The van der Waals surface area contributed by atoms with Gasteiger partial charge in [-0.3, -0.25) is 14.2 Å². The number of allylic oxidation sites excluding steroid dienone is 1. The SMILES string of the molecule is C=CCn1c(SCC(=O)Nc2cc(Cl)ccc2C)nc2sc3c(c2c1=O)CCCC3. The summed E-state index contributed by atoms with van der Waals surface area (Å²) in [7, 11) is 0. The molecule has 0 fully saturated rings. The van der Waals surface area contributed by atoms with Crippen LogP contribution in [-0.4, -0.2) is 21.2 Å². The van der Waals surface area contributed by atoms with E-state index < -0.39 is 0 Å². The predicted molar refractivity (Wildman–Crippen MR) is 126 cm³/mol. The van der Waals surface area contributed by atoms with E-state index in [-0.39, 0.29) is 17.2 Å². The molecule has 1 aliphatic rings. The molecule has 30 heavy (non-hydrogen) atoms. The normalized spacial score (nSPS) is 13.3. The highest BCUT2D eigenvalue weighted by atomic mass is 35.5. The van der Waals surface area contributed by atoms with Crippen LogP contribution in [0, 0.1) is 6.92 Å². The van der Waals surface area contributed by atoms with Crippen molar-refractivity contribution >= 4 is 56.5 Å². The number of hydrogen-bond acceptors (Lipinski definition) is 5. The van der Waals surface area contributed by atoms with Crippen molar-refractivity contribution in [3.63, 3.8) is 0 Å². The van der Waals surface area contributed by atoms with Crippen LogP contribution in [-0.2, 0) is 24.2 Å². The molecule has 0 aliphatic heterocycles. The van der Waals surface area contributed by atoms with Gasteiger partial charge in [0.15, 0.2) is 5.16 Å². The van der Waals surface area contributed by atoms with Gasteiger partial charge in [0, 0.05) is 22.1 Å². The van der Waals surface area contributed by atoms with Crippen LogP contribution < -0.4 is 10.9 Å². The third-order valence-electron chi connectivity index (χ3n) is 5.16. The molecule has 1 amide bonds. The lowest BCUT2D eigenvalue weighted by Gasteiger charge is -2.12. The van der Waals surface area contributed by atoms with Gasteiger partial charge in [-0.25, -0.2) is 4.98 Å². The molecule has 0 saturated heterocycles. The maximum atomic E-state index is 13.2. The summed E-state index contributed by atoms with van der Waals surface area (Å²) in [5.41, 5.74) is 2.76. The van der Waals surface area contributed by atoms with Crippen molar-refractivity contribution in [2.24, 2.45) is 0 Å². The molecule has 5 nitrogen and oxygen atoms in total. The summed E-state index contributed by atoms with van der Waals surface area (Å²) in [6.45, 7) is 6.05. The average Bonchev–Trinajstić information content (AvgIpc) is 3.10. The zero-order valence-corrected chi connectivity index (χ0v) is 19.1. The van der Waals surface area contributed by atoms with E-state index >= 15 is 0 Å². The monoisotopic (exact) mass is 459 g/mol. The van der Waals surface area contributed by atoms with E-state index in [1.165, 1.54) is 22.2 Å². The molecule has 3 aromatic rings. The molecule has 1 N–H and O–H groups in total. The molecule has 0 spiro atoms. The molecule has 1 aliphatic carbocycles. The quantitative estimate of drug-likeness (QED) is 0.312. The Bertz CT molecular complexity index is 1200. The number of anilines is 1. The third kappa shape index (κ3) is 4.19. The summed E-state index contributed by atoms with van der Waals surface area (Å²) in [5.74, 6) is -0.0260. The van der Waals surface area contributed by atoms with Crippen LogP contribution in [0.2, 0.25) is 5.02 Å². The first kappa shape index (κ1) is 21.2. The highest BCUT2D eigenvalue weighted by Crippen LogP contribution is 2.34. The highest BCUT2D eigenvalue weighted by Gasteiger charge is 2.22. The number of carbonyl (C=O) groups is 1. The number of nitrogens with one attached hydrogen (secondary N) is 1. The van der Waals surface area contributed by atoms with Gasteiger partial charge < -0.3 is 5.32 Å². The van der Waals surface area contributed by atoms with Crippen molar-refractivity contribution in [2.45, 2.75) is 44.3 Å². The highest BCUT2D eigenvalue weighted by molar-refractivity contribution is 7.99. The Kier molecular flexibility index (Phi) is 6.32. The van der Waals surface area contributed by atoms with Gasteiger partial charge in [-0.2, -0.15) is 0 Å². The van der Waals surface area contributed by atoms with E-state index in [1.54, 1.807) is 34.1 Å². The Morgan fingerprint density at radius 1 is 1.40 bits per heavy atom. The lowest BCUT2D eigenvalue weighted by molar-refractivity contribution is -0.113. The van der Waals surface area contributed by atoms with Crippen LogP contribution in [0.1, 0.15) is 28.8 Å². The lowest BCUT2D eigenvalue weighted by atomic mass is 9.97. The second-order valence-corrected chi connectivity index (χ2v) is 9.75. The Hall–Kier alpha value is -2.09. The number of nitrogens with zero attached hydrogens (tertiary/aromatic N) is 2. The Morgan fingerprint density at radius 3 is 3.00 bits per heavy atom.